The molecule has 0 aliphatic carbocycles. The number of rotatable bonds is 3. The van der Waals surface area contributed by atoms with E-state index in [1.165, 1.54) is 6.07 Å². The van der Waals surface area contributed by atoms with E-state index in [0.717, 1.165) is 15.4 Å². The smallest absolute Gasteiger partial charge is 0.335 e. The van der Waals surface area contributed by atoms with E-state index in [4.69, 9.17) is 4.74 Å². The van der Waals surface area contributed by atoms with Crippen molar-refractivity contribution in [1.82, 2.24) is 4.98 Å². The maximum atomic E-state index is 13.3. The summed E-state index contributed by atoms with van der Waals surface area (Å²) in [5.74, 6) is -0.825. The number of aromatic carboxylic acids is 1. The lowest BCUT2D eigenvalue weighted by molar-refractivity contribution is 0.0696. The molecule has 2 heterocycles. The van der Waals surface area contributed by atoms with Crippen LogP contribution in [-0.4, -0.2) is 21.8 Å². The zero-order valence-corrected chi connectivity index (χ0v) is 17.8. The third kappa shape index (κ3) is 3.49. The van der Waals surface area contributed by atoms with E-state index in [9.17, 15) is 14.7 Å². The molecular weight excluding hydrogens is 458 g/mol. The van der Waals surface area contributed by atoms with Crippen LogP contribution in [0.15, 0.2) is 77.3 Å². The number of Topliss-reactive ketones (excluding diaryl/α,β-unsaturated/α-hetero) is 1. The van der Waals surface area contributed by atoms with Gasteiger partial charge in [0.2, 0.25) is 5.88 Å². The number of hydrogen-bond donors (Lipinski definition) is 1. The summed E-state index contributed by atoms with van der Waals surface area (Å²) in [5.41, 5.74) is 3.43. The quantitative estimate of drug-likeness (QED) is 0.390. The van der Waals surface area contributed by atoms with Gasteiger partial charge in [0.25, 0.3) is 0 Å². The van der Waals surface area contributed by atoms with E-state index in [2.05, 4.69) is 20.9 Å². The van der Waals surface area contributed by atoms with Crippen molar-refractivity contribution < 1.29 is 19.4 Å². The number of carbonyl (C=O) groups excluding carboxylic acids is 1. The Morgan fingerprint density at radius 2 is 1.77 bits per heavy atom. The predicted molar refractivity (Wildman–Crippen MR) is 121 cm³/mol. The average molecular weight is 474 g/mol. The van der Waals surface area contributed by atoms with E-state index in [-0.39, 0.29) is 23.6 Å². The number of aromatic nitrogens is 1. The third-order valence-electron chi connectivity index (χ3n) is 5.40. The van der Waals surface area contributed by atoms with Gasteiger partial charge in [0.15, 0.2) is 5.78 Å². The molecule has 31 heavy (non-hydrogen) atoms. The lowest BCUT2D eigenvalue weighted by Gasteiger charge is -2.27. The van der Waals surface area contributed by atoms with Gasteiger partial charge < -0.3 is 9.84 Å². The lowest BCUT2D eigenvalue weighted by atomic mass is 9.89. The number of ether oxygens (including phenoxy) is 1. The van der Waals surface area contributed by atoms with Gasteiger partial charge in [0, 0.05) is 15.4 Å². The molecule has 0 spiro atoms. The fourth-order valence-corrected chi connectivity index (χ4v) is 4.22. The van der Waals surface area contributed by atoms with Crippen LogP contribution in [0.4, 0.5) is 0 Å². The SMILES string of the molecule is O=C(O)c1cccc(-c2c3c(nc4ccccc24)O[C@@H](c2ccc(Br)cc2)CC3=O)c1. The van der Waals surface area contributed by atoms with Crippen molar-refractivity contribution in [3.63, 3.8) is 0 Å². The minimum atomic E-state index is -1.02. The Balaban J connectivity index is 1.72. The minimum absolute atomic E-state index is 0.0804. The highest BCUT2D eigenvalue weighted by molar-refractivity contribution is 9.10. The van der Waals surface area contributed by atoms with Crippen molar-refractivity contribution in [2.45, 2.75) is 12.5 Å². The number of halogens is 1. The zero-order valence-electron chi connectivity index (χ0n) is 16.2. The molecule has 0 fully saturated rings. The van der Waals surface area contributed by atoms with E-state index >= 15 is 0 Å². The van der Waals surface area contributed by atoms with Crippen LogP contribution >= 0.6 is 15.9 Å². The predicted octanol–water partition coefficient (Wildman–Crippen LogP) is 6.07. The highest BCUT2D eigenvalue weighted by Gasteiger charge is 2.32. The Kier molecular flexibility index (Phi) is 4.79. The first kappa shape index (κ1) is 19.5. The number of pyridine rings is 1. The van der Waals surface area contributed by atoms with Gasteiger partial charge in [-0.05, 0) is 41.5 Å². The monoisotopic (exact) mass is 473 g/mol. The Morgan fingerprint density at radius 1 is 1.00 bits per heavy atom. The molecule has 6 heteroatoms. The van der Waals surface area contributed by atoms with Gasteiger partial charge in [-0.1, -0.05) is 58.4 Å². The topological polar surface area (TPSA) is 76.5 Å². The molecule has 1 aliphatic heterocycles. The maximum absolute atomic E-state index is 13.3. The van der Waals surface area contributed by atoms with Crippen LogP contribution in [0.25, 0.3) is 22.0 Å². The van der Waals surface area contributed by atoms with Gasteiger partial charge in [-0.25, -0.2) is 9.78 Å². The normalized spacial score (nSPS) is 15.4. The molecule has 1 atom stereocenters. The molecule has 0 bridgehead atoms. The Bertz CT molecular complexity index is 1350. The van der Waals surface area contributed by atoms with Gasteiger partial charge >= 0.3 is 5.97 Å². The molecule has 5 rings (SSSR count). The van der Waals surface area contributed by atoms with E-state index in [0.29, 0.717) is 22.2 Å². The molecule has 0 saturated carbocycles. The molecule has 1 aliphatic rings. The van der Waals surface area contributed by atoms with Gasteiger partial charge in [-0.3, -0.25) is 4.79 Å². The second-order valence-electron chi connectivity index (χ2n) is 7.36. The first-order valence-corrected chi connectivity index (χ1v) is 10.5. The Morgan fingerprint density at radius 3 is 2.55 bits per heavy atom. The van der Waals surface area contributed by atoms with Crippen LogP contribution in [0.1, 0.15) is 38.8 Å². The largest absolute Gasteiger partial charge is 0.478 e. The molecule has 4 aromatic rings. The molecule has 152 valence electrons. The van der Waals surface area contributed by atoms with Crippen LogP contribution in [-0.2, 0) is 0 Å². The number of benzene rings is 3. The first-order valence-electron chi connectivity index (χ1n) is 9.73. The third-order valence-corrected chi connectivity index (χ3v) is 5.93. The van der Waals surface area contributed by atoms with E-state index in [1.54, 1.807) is 12.1 Å². The average Bonchev–Trinajstić information content (AvgIpc) is 2.78. The van der Waals surface area contributed by atoms with E-state index < -0.39 is 12.1 Å². The number of nitrogens with zero attached hydrogens (tertiary/aromatic N) is 1. The summed E-state index contributed by atoms with van der Waals surface area (Å²) >= 11 is 3.42. The standard InChI is InChI=1S/C25H16BrNO4/c26-17-10-8-14(9-11-17)21-13-20(28)23-22(15-4-3-5-16(12-15)25(29)30)18-6-1-2-7-19(18)27-24(23)31-21/h1-12,21H,13H2,(H,29,30)/t21-/m1/s1. The second kappa shape index (κ2) is 7.63. The summed E-state index contributed by atoms with van der Waals surface area (Å²) in [6, 6.07) is 21.8. The van der Waals surface area contributed by atoms with Crippen LogP contribution < -0.4 is 4.74 Å². The maximum Gasteiger partial charge on any atom is 0.335 e. The molecular formula is C25H16BrNO4. The van der Waals surface area contributed by atoms with Crippen molar-refractivity contribution in [3.8, 4) is 17.0 Å². The highest BCUT2D eigenvalue weighted by atomic mass is 79.9. The number of carboxylic acids is 1. The summed E-state index contributed by atoms with van der Waals surface area (Å²) in [6.07, 6.45) is -0.250. The van der Waals surface area contributed by atoms with Crippen LogP contribution in [0.2, 0.25) is 0 Å². The van der Waals surface area contributed by atoms with Crippen LogP contribution in [0, 0.1) is 0 Å². The Labute approximate surface area is 186 Å². The number of carboxylic acid groups (broad SMARTS) is 1. The molecule has 1 N–H and O–H groups in total. The van der Waals surface area contributed by atoms with Gasteiger partial charge in [-0.15, -0.1) is 0 Å². The summed E-state index contributed by atoms with van der Waals surface area (Å²) in [6.45, 7) is 0. The second-order valence-corrected chi connectivity index (χ2v) is 8.27. The van der Waals surface area contributed by atoms with Crippen LogP contribution in [0.5, 0.6) is 5.88 Å². The van der Waals surface area contributed by atoms with Crippen molar-refractivity contribution >= 4 is 38.6 Å². The Hall–Kier alpha value is -3.51. The zero-order chi connectivity index (χ0) is 21.5. The summed E-state index contributed by atoms with van der Waals surface area (Å²) in [4.78, 5) is 29.5. The highest BCUT2D eigenvalue weighted by Crippen LogP contribution is 2.42. The molecule has 0 radical (unpaired) electrons. The molecule has 0 amide bonds. The molecule has 3 aromatic carbocycles. The summed E-state index contributed by atoms with van der Waals surface area (Å²) in [7, 11) is 0. The fourth-order valence-electron chi connectivity index (χ4n) is 3.95. The minimum Gasteiger partial charge on any atom is -0.478 e. The molecule has 0 unspecified atom stereocenters. The van der Waals surface area contributed by atoms with Crippen molar-refractivity contribution in [2.75, 3.05) is 0 Å². The van der Waals surface area contributed by atoms with Gasteiger partial charge in [0.05, 0.1) is 23.1 Å². The van der Waals surface area contributed by atoms with Crippen molar-refractivity contribution in [3.05, 3.63) is 94.0 Å². The van der Waals surface area contributed by atoms with Gasteiger partial charge in [0.1, 0.15) is 6.10 Å². The van der Waals surface area contributed by atoms with Crippen molar-refractivity contribution in [2.24, 2.45) is 0 Å². The number of fused-ring (bicyclic) bond motifs is 2. The molecule has 0 saturated heterocycles. The summed E-state index contributed by atoms with van der Waals surface area (Å²) < 4.78 is 7.16. The number of ketones is 1. The molecule has 5 nitrogen and oxygen atoms in total. The number of carbonyl (C=O) groups is 2. The number of hydrogen-bond acceptors (Lipinski definition) is 4. The van der Waals surface area contributed by atoms with Crippen molar-refractivity contribution in [1.29, 1.82) is 0 Å². The van der Waals surface area contributed by atoms with E-state index in [1.807, 2.05) is 54.6 Å². The lowest BCUT2D eigenvalue weighted by Crippen LogP contribution is -2.22. The fraction of sp³-hybridized carbons (Fsp3) is 0.0800. The summed E-state index contributed by atoms with van der Waals surface area (Å²) in [5, 5.41) is 10.2. The van der Waals surface area contributed by atoms with Crippen LogP contribution in [0.3, 0.4) is 0 Å². The molecule has 1 aromatic heterocycles. The van der Waals surface area contributed by atoms with Gasteiger partial charge in [-0.2, -0.15) is 0 Å². The number of para-hydroxylation sites is 1. The first-order chi connectivity index (χ1) is 15.0.